The summed E-state index contributed by atoms with van der Waals surface area (Å²) >= 11 is 0. The largest absolute Gasteiger partial charge is 0.378 e. The Bertz CT molecular complexity index is 810. The Morgan fingerprint density at radius 3 is 2.29 bits per heavy atom. The monoisotopic (exact) mass is 378 g/mol. The van der Waals surface area contributed by atoms with Crippen molar-refractivity contribution < 1.29 is 4.79 Å². The molecule has 1 atom stereocenters. The maximum absolute atomic E-state index is 12.2. The molecule has 1 amide bonds. The molecule has 28 heavy (non-hydrogen) atoms. The van der Waals surface area contributed by atoms with E-state index in [0.717, 1.165) is 30.0 Å². The Labute approximate surface area is 168 Å². The maximum Gasteiger partial charge on any atom is 0.248 e. The van der Waals surface area contributed by atoms with Crippen LogP contribution >= 0.6 is 0 Å². The number of nitrogens with zero attached hydrogens (tertiary/aromatic N) is 3. The zero-order chi connectivity index (χ0) is 20.1. The van der Waals surface area contributed by atoms with Gasteiger partial charge in [-0.05, 0) is 68.6 Å². The molecule has 1 aliphatic heterocycles. The van der Waals surface area contributed by atoms with Crippen LogP contribution in [0.15, 0.2) is 54.6 Å². The number of nitrogens with one attached hydrogen (secondary N) is 1. The molecular weight excluding hydrogens is 348 g/mol. The molecule has 1 heterocycles. The van der Waals surface area contributed by atoms with Gasteiger partial charge in [-0.15, -0.1) is 0 Å². The Hall–Kier alpha value is -2.79. The lowest BCUT2D eigenvalue weighted by molar-refractivity contribution is -0.111. The minimum atomic E-state index is -0.127. The van der Waals surface area contributed by atoms with Gasteiger partial charge in [-0.1, -0.05) is 12.1 Å². The third-order valence-electron chi connectivity index (χ3n) is 5.23. The highest BCUT2D eigenvalue weighted by atomic mass is 16.1. The van der Waals surface area contributed by atoms with Crippen LogP contribution in [0.4, 0.5) is 17.1 Å². The van der Waals surface area contributed by atoms with Gasteiger partial charge < -0.3 is 20.0 Å². The first-order chi connectivity index (χ1) is 13.4. The lowest BCUT2D eigenvalue weighted by Crippen LogP contribution is -2.31. The number of benzene rings is 2. The van der Waals surface area contributed by atoms with Crippen LogP contribution < -0.4 is 15.1 Å². The summed E-state index contributed by atoms with van der Waals surface area (Å²) in [4.78, 5) is 18.9. The number of anilines is 3. The Kier molecular flexibility index (Phi) is 6.37. The van der Waals surface area contributed by atoms with Crippen LogP contribution in [0, 0.1) is 0 Å². The molecule has 0 saturated carbocycles. The van der Waals surface area contributed by atoms with Crippen molar-refractivity contribution in [2.75, 3.05) is 56.4 Å². The Morgan fingerprint density at radius 2 is 1.71 bits per heavy atom. The number of hydrogen-bond acceptors (Lipinski definition) is 4. The fourth-order valence-corrected chi connectivity index (χ4v) is 3.39. The maximum atomic E-state index is 12.2. The van der Waals surface area contributed by atoms with Crippen molar-refractivity contribution in [3.63, 3.8) is 0 Å². The molecule has 0 spiro atoms. The molecule has 0 aromatic heterocycles. The first-order valence-electron chi connectivity index (χ1n) is 9.70. The van der Waals surface area contributed by atoms with Gasteiger partial charge in [0.05, 0.1) is 0 Å². The topological polar surface area (TPSA) is 38.8 Å². The van der Waals surface area contributed by atoms with Crippen LogP contribution in [0.5, 0.6) is 0 Å². The van der Waals surface area contributed by atoms with Crippen LogP contribution in [0.2, 0.25) is 0 Å². The van der Waals surface area contributed by atoms with E-state index in [9.17, 15) is 4.79 Å². The van der Waals surface area contributed by atoms with E-state index < -0.39 is 0 Å². The van der Waals surface area contributed by atoms with Gasteiger partial charge in [-0.25, -0.2) is 0 Å². The number of carbonyl (C=O) groups excluding carboxylic acids is 1. The number of amides is 1. The third kappa shape index (κ3) is 5.14. The van der Waals surface area contributed by atoms with Crippen molar-refractivity contribution in [1.29, 1.82) is 0 Å². The highest BCUT2D eigenvalue weighted by Gasteiger charge is 2.23. The molecule has 148 valence electrons. The zero-order valence-electron chi connectivity index (χ0n) is 17.2. The van der Waals surface area contributed by atoms with Gasteiger partial charge in [0.2, 0.25) is 5.91 Å². The van der Waals surface area contributed by atoms with Crippen molar-refractivity contribution in [1.82, 2.24) is 4.90 Å². The molecule has 5 nitrogen and oxygen atoms in total. The van der Waals surface area contributed by atoms with E-state index in [4.69, 9.17) is 0 Å². The Morgan fingerprint density at radius 1 is 1.04 bits per heavy atom. The molecule has 1 N–H and O–H groups in total. The fourth-order valence-electron chi connectivity index (χ4n) is 3.39. The molecule has 1 saturated heterocycles. The van der Waals surface area contributed by atoms with Gasteiger partial charge in [0.1, 0.15) is 0 Å². The van der Waals surface area contributed by atoms with Crippen LogP contribution in [-0.4, -0.2) is 58.1 Å². The van der Waals surface area contributed by atoms with Crippen LogP contribution in [0.3, 0.4) is 0 Å². The minimum Gasteiger partial charge on any atom is -0.378 e. The average molecular weight is 379 g/mol. The average Bonchev–Trinajstić information content (AvgIpc) is 3.18. The normalized spacial score (nSPS) is 16.8. The van der Waals surface area contributed by atoms with E-state index in [1.807, 2.05) is 61.5 Å². The summed E-state index contributed by atoms with van der Waals surface area (Å²) < 4.78 is 0. The predicted molar refractivity (Wildman–Crippen MR) is 119 cm³/mol. The van der Waals surface area contributed by atoms with Crippen LogP contribution in [0.1, 0.15) is 12.0 Å². The molecule has 3 rings (SSSR count). The summed E-state index contributed by atoms with van der Waals surface area (Å²) in [6, 6.07) is 16.8. The highest BCUT2D eigenvalue weighted by molar-refractivity contribution is 6.02. The molecule has 2 aromatic carbocycles. The van der Waals surface area contributed by atoms with Crippen molar-refractivity contribution in [2.45, 2.75) is 12.5 Å². The van der Waals surface area contributed by atoms with Crippen LogP contribution in [-0.2, 0) is 4.79 Å². The standard InChI is InChI=1S/C23H30N4O/c1-25(2)20-10-5-18(6-11-20)7-14-23(28)24-19-8-12-21(13-9-19)27-16-15-22(17-27)26(3)4/h5-14,22H,15-17H2,1-4H3,(H,24,28). The van der Waals surface area contributed by atoms with Gasteiger partial charge in [0, 0.05) is 56.4 Å². The second-order valence-electron chi connectivity index (χ2n) is 7.71. The second-order valence-corrected chi connectivity index (χ2v) is 7.71. The van der Waals surface area contributed by atoms with E-state index in [-0.39, 0.29) is 5.91 Å². The third-order valence-corrected chi connectivity index (χ3v) is 5.23. The zero-order valence-corrected chi connectivity index (χ0v) is 17.2. The molecule has 2 aromatic rings. The molecule has 1 aliphatic rings. The number of rotatable bonds is 6. The summed E-state index contributed by atoms with van der Waals surface area (Å²) in [5, 5.41) is 2.93. The quantitative estimate of drug-likeness (QED) is 0.781. The number of carbonyl (C=O) groups is 1. The van der Waals surface area contributed by atoms with Crippen molar-refractivity contribution >= 4 is 29.0 Å². The van der Waals surface area contributed by atoms with Gasteiger partial charge in [0.15, 0.2) is 0 Å². The van der Waals surface area contributed by atoms with Crippen molar-refractivity contribution in [3.8, 4) is 0 Å². The lowest BCUT2D eigenvalue weighted by Gasteiger charge is -2.22. The van der Waals surface area contributed by atoms with E-state index >= 15 is 0 Å². The molecule has 0 radical (unpaired) electrons. The molecule has 1 unspecified atom stereocenters. The minimum absolute atomic E-state index is 0.127. The molecule has 0 aliphatic carbocycles. The van der Waals surface area contributed by atoms with Crippen molar-refractivity contribution in [3.05, 3.63) is 60.2 Å². The molecule has 5 heteroatoms. The molecule has 0 bridgehead atoms. The van der Waals surface area contributed by atoms with Gasteiger partial charge in [-0.3, -0.25) is 4.79 Å². The summed E-state index contributed by atoms with van der Waals surface area (Å²) in [5.41, 5.74) is 4.15. The second kappa shape index (κ2) is 8.93. The van der Waals surface area contributed by atoms with Gasteiger partial charge >= 0.3 is 0 Å². The van der Waals surface area contributed by atoms with E-state index in [1.165, 1.54) is 12.1 Å². The van der Waals surface area contributed by atoms with Gasteiger partial charge in [0.25, 0.3) is 0 Å². The fraction of sp³-hybridized carbons (Fsp3) is 0.348. The highest BCUT2D eigenvalue weighted by Crippen LogP contribution is 2.23. The summed E-state index contributed by atoms with van der Waals surface area (Å²) in [6.45, 7) is 2.12. The summed E-state index contributed by atoms with van der Waals surface area (Å²) in [6.07, 6.45) is 4.58. The lowest BCUT2D eigenvalue weighted by atomic mass is 10.2. The molecule has 1 fully saturated rings. The Balaban J connectivity index is 1.54. The van der Waals surface area contributed by atoms with Gasteiger partial charge in [-0.2, -0.15) is 0 Å². The number of likely N-dealkylation sites (N-methyl/N-ethyl adjacent to an activating group) is 1. The molecular formula is C23H30N4O. The van der Waals surface area contributed by atoms with Crippen LogP contribution in [0.25, 0.3) is 6.08 Å². The first kappa shape index (κ1) is 20.0. The smallest absolute Gasteiger partial charge is 0.248 e. The predicted octanol–water partition coefficient (Wildman–Crippen LogP) is 3.54. The van der Waals surface area contributed by atoms with E-state index in [2.05, 4.69) is 41.3 Å². The first-order valence-corrected chi connectivity index (χ1v) is 9.70. The summed E-state index contributed by atoms with van der Waals surface area (Å²) in [7, 11) is 8.29. The SMILES string of the molecule is CN(C)c1ccc(C=CC(=O)Nc2ccc(N3CCC(N(C)C)C3)cc2)cc1. The van der Waals surface area contributed by atoms with E-state index in [0.29, 0.717) is 6.04 Å². The summed E-state index contributed by atoms with van der Waals surface area (Å²) in [5.74, 6) is -0.127. The number of hydrogen-bond donors (Lipinski definition) is 1. The van der Waals surface area contributed by atoms with Crippen molar-refractivity contribution in [2.24, 2.45) is 0 Å². The van der Waals surface area contributed by atoms with E-state index in [1.54, 1.807) is 6.08 Å².